The number of hydrogen-bond donors (Lipinski definition) is 0. The molecule has 2 rings (SSSR count). The van der Waals surface area contributed by atoms with E-state index in [-0.39, 0.29) is 19.3 Å². The lowest BCUT2D eigenvalue weighted by Gasteiger charge is -2.14. The molecule has 53 heavy (non-hydrogen) atoms. The third-order valence-electron chi connectivity index (χ3n) is 8.81. The molecule has 0 aromatic heterocycles. The number of ether oxygens (including phenoxy) is 2. The van der Waals surface area contributed by atoms with Crippen LogP contribution in [-0.4, -0.2) is 45.5 Å². The van der Waals surface area contributed by atoms with Crippen molar-refractivity contribution in [1.82, 2.24) is 0 Å². The predicted octanol–water partition coefficient (Wildman–Crippen LogP) is 11.0. The van der Waals surface area contributed by atoms with Crippen LogP contribution in [0.25, 0.3) is 0 Å². The van der Waals surface area contributed by atoms with Crippen molar-refractivity contribution in [2.45, 2.75) is 141 Å². The van der Waals surface area contributed by atoms with E-state index in [0.29, 0.717) is 19.4 Å². The fourth-order valence-electron chi connectivity index (χ4n) is 5.69. The molecule has 2 aromatic carbocycles. The van der Waals surface area contributed by atoms with E-state index in [1.807, 2.05) is 0 Å². The fourth-order valence-corrected chi connectivity index (χ4v) is 8.18. The topological polar surface area (TPSA) is 36.9 Å². The van der Waals surface area contributed by atoms with E-state index in [2.05, 4.69) is 6.92 Å². The Hall–Kier alpha value is -2.31. The molecule has 0 spiro atoms. The summed E-state index contributed by atoms with van der Waals surface area (Å²) in [7, 11) is -1.10. The molecule has 2 aromatic rings. The second-order valence-electron chi connectivity index (χ2n) is 13.3. The zero-order chi connectivity index (χ0) is 39.0. The molecule has 0 aliphatic carbocycles. The summed E-state index contributed by atoms with van der Waals surface area (Å²) in [6.07, 6.45) is 17.8. The van der Waals surface area contributed by atoms with Gasteiger partial charge < -0.3 is 18.3 Å². The average molecular weight is 809 g/mol. The molecular formula is C37H54F10O4Si2. The van der Waals surface area contributed by atoms with Gasteiger partial charge in [0, 0.05) is 0 Å². The molecule has 0 bridgehead atoms. The quantitative estimate of drug-likeness (QED) is 0.0250. The number of halogens is 10. The maximum Gasteiger partial charge on any atom is 0.206 e. The number of benzene rings is 2. The molecule has 0 N–H and O–H groups in total. The van der Waals surface area contributed by atoms with E-state index in [0.717, 1.165) is 102 Å². The van der Waals surface area contributed by atoms with Crippen LogP contribution >= 0.6 is 0 Å². The van der Waals surface area contributed by atoms with E-state index < -0.39 is 89.2 Å². The minimum atomic E-state index is -2.20. The molecule has 0 heterocycles. The summed E-state index contributed by atoms with van der Waals surface area (Å²) in [5.41, 5.74) is 0. The van der Waals surface area contributed by atoms with Gasteiger partial charge in [0.2, 0.25) is 58.2 Å². The number of hydrogen-bond acceptors (Lipinski definition) is 4. The van der Waals surface area contributed by atoms with Gasteiger partial charge in [0.1, 0.15) is 0 Å². The van der Waals surface area contributed by atoms with Crippen LogP contribution in [0.2, 0.25) is 12.1 Å². The van der Waals surface area contributed by atoms with Crippen molar-refractivity contribution in [3.63, 3.8) is 0 Å². The lowest BCUT2D eigenvalue weighted by atomic mass is 10.1. The first-order chi connectivity index (χ1) is 25.5. The minimum absolute atomic E-state index is 0.120. The Morgan fingerprint density at radius 3 is 1.02 bits per heavy atom. The molecule has 0 fully saturated rings. The second-order valence-corrected chi connectivity index (χ2v) is 16.3. The monoisotopic (exact) mass is 808 g/mol. The van der Waals surface area contributed by atoms with Crippen molar-refractivity contribution in [1.29, 1.82) is 0 Å². The summed E-state index contributed by atoms with van der Waals surface area (Å²) in [4.78, 5) is 0. The molecule has 16 heteroatoms. The van der Waals surface area contributed by atoms with Gasteiger partial charge in [0.15, 0.2) is 31.0 Å². The van der Waals surface area contributed by atoms with E-state index in [4.69, 9.17) is 18.3 Å². The van der Waals surface area contributed by atoms with Gasteiger partial charge in [-0.2, -0.15) is 17.6 Å². The average Bonchev–Trinajstić information content (AvgIpc) is 3.15. The van der Waals surface area contributed by atoms with Gasteiger partial charge >= 0.3 is 0 Å². The molecule has 0 aliphatic heterocycles. The highest BCUT2D eigenvalue weighted by Crippen LogP contribution is 2.30. The summed E-state index contributed by atoms with van der Waals surface area (Å²) in [6, 6.07) is 2.29. The molecule has 4 nitrogen and oxygen atoms in total. The SMILES string of the molecule is C[C@H](CO[SiH2]CCCCCCCCCCCOc1c(F)c(F)c(F)c(F)c1F)O[SiH2]CCCCCCCCCCCOc1c(F)c(F)c(F)c(F)c1F. The van der Waals surface area contributed by atoms with Gasteiger partial charge in [-0.1, -0.05) is 103 Å². The van der Waals surface area contributed by atoms with Crippen molar-refractivity contribution in [3.05, 3.63) is 58.2 Å². The summed E-state index contributed by atoms with van der Waals surface area (Å²) in [6.45, 7) is 2.48. The summed E-state index contributed by atoms with van der Waals surface area (Å²) >= 11 is 0. The molecule has 304 valence electrons. The highest BCUT2D eigenvalue weighted by atomic mass is 28.2. The van der Waals surface area contributed by atoms with Crippen LogP contribution in [0.5, 0.6) is 11.5 Å². The van der Waals surface area contributed by atoms with Crippen LogP contribution in [0.15, 0.2) is 0 Å². The van der Waals surface area contributed by atoms with Crippen LogP contribution in [0, 0.1) is 58.2 Å². The Labute approximate surface area is 311 Å². The summed E-state index contributed by atoms with van der Waals surface area (Å²) < 4.78 is 155. The lowest BCUT2D eigenvalue weighted by molar-refractivity contribution is 0.151. The number of unbranched alkanes of at least 4 members (excludes halogenated alkanes) is 16. The van der Waals surface area contributed by atoms with Crippen molar-refractivity contribution < 1.29 is 62.2 Å². The maximum atomic E-state index is 13.6. The molecule has 0 radical (unpaired) electrons. The van der Waals surface area contributed by atoms with Gasteiger partial charge in [0.05, 0.1) is 25.9 Å². The zero-order valence-electron chi connectivity index (χ0n) is 30.7. The maximum absolute atomic E-state index is 13.6. The summed E-state index contributed by atoms with van der Waals surface area (Å²) in [5.74, 6) is -22.7. The Bertz CT molecular complexity index is 1280. The third kappa shape index (κ3) is 17.4. The lowest BCUT2D eigenvalue weighted by Crippen LogP contribution is -2.19. The van der Waals surface area contributed by atoms with E-state index in [1.165, 1.54) is 12.8 Å². The first-order valence-corrected chi connectivity index (χ1v) is 22.1. The van der Waals surface area contributed by atoms with Gasteiger partial charge in [-0.05, 0) is 31.9 Å². The van der Waals surface area contributed by atoms with Gasteiger partial charge in [-0.3, -0.25) is 0 Å². The van der Waals surface area contributed by atoms with Gasteiger partial charge in [0.25, 0.3) is 0 Å². The normalized spacial score (nSPS) is 12.6. The van der Waals surface area contributed by atoms with Crippen molar-refractivity contribution >= 4 is 19.5 Å². The first kappa shape index (κ1) is 46.8. The predicted molar refractivity (Wildman–Crippen MR) is 190 cm³/mol. The van der Waals surface area contributed by atoms with Crippen LogP contribution in [0.1, 0.15) is 122 Å². The Kier molecular flexibility index (Phi) is 24.1. The Balaban J connectivity index is 1.28. The number of rotatable bonds is 31. The first-order valence-electron chi connectivity index (χ1n) is 19.0. The van der Waals surface area contributed by atoms with Crippen LogP contribution in [0.3, 0.4) is 0 Å². The van der Waals surface area contributed by atoms with Crippen LogP contribution in [-0.2, 0) is 8.85 Å². The zero-order valence-corrected chi connectivity index (χ0v) is 33.5. The summed E-state index contributed by atoms with van der Waals surface area (Å²) in [5, 5.41) is 0. The van der Waals surface area contributed by atoms with Crippen LogP contribution < -0.4 is 9.47 Å². The fraction of sp³-hybridized carbons (Fsp3) is 0.676. The van der Waals surface area contributed by atoms with E-state index in [1.54, 1.807) is 0 Å². The van der Waals surface area contributed by atoms with Gasteiger partial charge in [-0.25, -0.2) is 26.3 Å². The van der Waals surface area contributed by atoms with Crippen molar-refractivity contribution in [2.24, 2.45) is 0 Å². The van der Waals surface area contributed by atoms with Crippen molar-refractivity contribution in [3.8, 4) is 11.5 Å². The highest BCUT2D eigenvalue weighted by molar-refractivity contribution is 6.27. The van der Waals surface area contributed by atoms with Crippen molar-refractivity contribution in [2.75, 3.05) is 19.8 Å². The molecular weight excluding hydrogens is 755 g/mol. The minimum Gasteiger partial charge on any atom is -0.487 e. The van der Waals surface area contributed by atoms with E-state index in [9.17, 15) is 43.9 Å². The van der Waals surface area contributed by atoms with E-state index >= 15 is 0 Å². The molecule has 1 atom stereocenters. The largest absolute Gasteiger partial charge is 0.487 e. The molecule has 0 saturated heterocycles. The highest BCUT2D eigenvalue weighted by Gasteiger charge is 2.28. The standard InChI is InChI=1S/C37H54F10O4Si2/c1-25(51-53-23-19-15-11-7-3-5-9-13-17-21-49-37-34(46)30(42)27(39)31(43)35(37)47)24-50-52-22-18-14-10-6-2-4-8-12-16-20-48-36-32(44)28(40)26(38)29(41)33(36)45/h25H,2-24,52-53H2,1H3/t25-/m1/s1. The van der Waals surface area contributed by atoms with Crippen LogP contribution in [0.4, 0.5) is 43.9 Å². The smallest absolute Gasteiger partial charge is 0.206 e. The third-order valence-corrected chi connectivity index (χ3v) is 11.7. The molecule has 0 amide bonds. The van der Waals surface area contributed by atoms with Gasteiger partial charge in [-0.15, -0.1) is 0 Å². The second kappa shape index (κ2) is 27.3. The Morgan fingerprint density at radius 2 is 0.660 bits per heavy atom. The molecule has 0 saturated carbocycles. The molecule has 0 aliphatic rings. The molecule has 0 unspecified atom stereocenters. The Morgan fingerprint density at radius 1 is 0.377 bits per heavy atom.